The molecule has 1 heterocycles. The van der Waals surface area contributed by atoms with Gasteiger partial charge in [0.2, 0.25) is 0 Å². The van der Waals surface area contributed by atoms with Gasteiger partial charge in [-0.2, -0.15) is 13.2 Å². The van der Waals surface area contributed by atoms with E-state index in [2.05, 4.69) is 5.32 Å². The van der Waals surface area contributed by atoms with Crippen LogP contribution in [0.4, 0.5) is 18.0 Å². The molecule has 4 aromatic rings. The maximum Gasteiger partial charge on any atom is 0.420 e. The molecule has 2 N–H and O–H groups in total. The van der Waals surface area contributed by atoms with Crippen molar-refractivity contribution in [3.63, 3.8) is 0 Å². The molecule has 0 aliphatic carbocycles. The number of ether oxygens (including phenoxy) is 1. The lowest BCUT2D eigenvalue weighted by Crippen LogP contribution is -2.28. The number of rotatable bonds is 7. The molecular weight excluding hydrogens is 461 g/mol. The molecule has 1 aromatic heterocycles. The van der Waals surface area contributed by atoms with Crippen molar-refractivity contribution < 1.29 is 32.6 Å². The highest BCUT2D eigenvalue weighted by molar-refractivity contribution is 5.93. The van der Waals surface area contributed by atoms with Crippen LogP contribution in [0, 0.1) is 0 Å². The molecule has 9 heteroatoms. The highest BCUT2D eigenvalue weighted by Crippen LogP contribution is 2.30. The summed E-state index contributed by atoms with van der Waals surface area (Å²) in [6, 6.07) is 20.5. The minimum Gasteiger partial charge on any atom is -0.481 e. The van der Waals surface area contributed by atoms with Crippen molar-refractivity contribution in [2.75, 3.05) is 0 Å². The second-order valence-corrected chi connectivity index (χ2v) is 7.87. The van der Waals surface area contributed by atoms with Gasteiger partial charge in [0, 0.05) is 23.7 Å². The topological polar surface area (TPSA) is 80.6 Å². The zero-order valence-electron chi connectivity index (χ0n) is 18.3. The van der Waals surface area contributed by atoms with Crippen molar-refractivity contribution in [2.45, 2.75) is 25.4 Å². The summed E-state index contributed by atoms with van der Waals surface area (Å²) in [4.78, 5) is 24.4. The van der Waals surface area contributed by atoms with Gasteiger partial charge in [0.05, 0.1) is 17.5 Å². The van der Waals surface area contributed by atoms with Crippen molar-refractivity contribution in [3.05, 3.63) is 107 Å². The zero-order chi connectivity index (χ0) is 25.0. The summed E-state index contributed by atoms with van der Waals surface area (Å²) in [5, 5.41) is 12.8. The SMILES string of the molecule is O=C(O)Cc1cn(C(=O)OC(NCc2cccc(C(F)(F)F)c2)c2ccccc2)c2ccccc12. The largest absolute Gasteiger partial charge is 0.481 e. The molecule has 0 bridgehead atoms. The van der Waals surface area contributed by atoms with Crippen LogP contribution in [-0.2, 0) is 28.7 Å². The van der Waals surface area contributed by atoms with Crippen LogP contribution in [0.1, 0.15) is 28.5 Å². The third kappa shape index (κ3) is 5.70. The summed E-state index contributed by atoms with van der Waals surface area (Å²) < 4.78 is 46.2. The van der Waals surface area contributed by atoms with Crippen LogP contribution in [0.25, 0.3) is 10.9 Å². The summed E-state index contributed by atoms with van der Waals surface area (Å²) in [6.07, 6.45) is -5.04. The maximum absolute atomic E-state index is 13.1. The first-order valence-corrected chi connectivity index (χ1v) is 10.7. The predicted molar refractivity (Wildman–Crippen MR) is 123 cm³/mol. The van der Waals surface area contributed by atoms with Crippen LogP contribution < -0.4 is 5.32 Å². The van der Waals surface area contributed by atoms with E-state index in [1.54, 1.807) is 60.7 Å². The Kier molecular flexibility index (Phi) is 6.88. The second-order valence-electron chi connectivity index (χ2n) is 7.87. The number of para-hydroxylation sites is 1. The van der Waals surface area contributed by atoms with Gasteiger partial charge in [0.15, 0.2) is 6.23 Å². The van der Waals surface area contributed by atoms with Crippen LogP contribution in [0.3, 0.4) is 0 Å². The van der Waals surface area contributed by atoms with Gasteiger partial charge < -0.3 is 9.84 Å². The third-order valence-electron chi connectivity index (χ3n) is 5.40. The quantitative estimate of drug-likeness (QED) is 0.328. The van der Waals surface area contributed by atoms with Gasteiger partial charge in [-0.05, 0) is 23.3 Å². The van der Waals surface area contributed by atoms with Crippen molar-refractivity contribution in [1.82, 2.24) is 9.88 Å². The minimum atomic E-state index is -4.47. The molecule has 0 fully saturated rings. The summed E-state index contributed by atoms with van der Waals surface area (Å²) in [6.45, 7) is 0.00739. The molecule has 0 saturated carbocycles. The molecule has 1 unspecified atom stereocenters. The third-order valence-corrected chi connectivity index (χ3v) is 5.40. The first-order chi connectivity index (χ1) is 16.7. The number of carbonyl (C=O) groups excluding carboxylic acids is 1. The van der Waals surface area contributed by atoms with Gasteiger partial charge in [0.25, 0.3) is 0 Å². The number of hydrogen-bond donors (Lipinski definition) is 2. The van der Waals surface area contributed by atoms with Gasteiger partial charge in [-0.25, -0.2) is 4.79 Å². The number of carbonyl (C=O) groups is 2. The van der Waals surface area contributed by atoms with Crippen LogP contribution in [0.5, 0.6) is 0 Å². The maximum atomic E-state index is 13.1. The molecule has 35 heavy (non-hydrogen) atoms. The number of hydrogen-bond acceptors (Lipinski definition) is 4. The van der Waals surface area contributed by atoms with E-state index in [0.717, 1.165) is 12.1 Å². The van der Waals surface area contributed by atoms with E-state index in [4.69, 9.17) is 4.74 Å². The van der Waals surface area contributed by atoms with Crippen molar-refractivity contribution in [1.29, 1.82) is 0 Å². The van der Waals surface area contributed by atoms with E-state index < -0.39 is 30.0 Å². The number of alkyl halides is 3. The Morgan fingerprint density at radius 2 is 1.69 bits per heavy atom. The average Bonchev–Trinajstić information content (AvgIpc) is 3.20. The molecule has 0 saturated heterocycles. The molecule has 180 valence electrons. The molecule has 6 nitrogen and oxygen atoms in total. The van der Waals surface area contributed by atoms with Crippen molar-refractivity contribution in [2.24, 2.45) is 0 Å². The lowest BCUT2D eigenvalue weighted by Gasteiger charge is -2.20. The Hall–Kier alpha value is -4.11. The highest BCUT2D eigenvalue weighted by atomic mass is 19.4. The smallest absolute Gasteiger partial charge is 0.420 e. The number of nitrogens with zero attached hydrogens (tertiary/aromatic N) is 1. The first-order valence-electron chi connectivity index (χ1n) is 10.7. The monoisotopic (exact) mass is 482 g/mol. The highest BCUT2D eigenvalue weighted by Gasteiger charge is 2.30. The van der Waals surface area contributed by atoms with E-state index in [-0.39, 0.29) is 13.0 Å². The van der Waals surface area contributed by atoms with Crippen LogP contribution >= 0.6 is 0 Å². The number of aliphatic carboxylic acids is 1. The van der Waals surface area contributed by atoms with E-state index in [1.807, 2.05) is 0 Å². The average molecular weight is 482 g/mol. The number of nitrogens with one attached hydrogen (secondary N) is 1. The Balaban J connectivity index is 1.60. The lowest BCUT2D eigenvalue weighted by molar-refractivity contribution is -0.138. The molecule has 0 spiro atoms. The summed E-state index contributed by atoms with van der Waals surface area (Å²) >= 11 is 0. The minimum absolute atomic E-state index is 0.00739. The molecule has 3 aromatic carbocycles. The second kappa shape index (κ2) is 10.0. The van der Waals surface area contributed by atoms with Crippen molar-refractivity contribution >= 4 is 23.0 Å². The fourth-order valence-electron chi connectivity index (χ4n) is 3.79. The standard InChI is InChI=1S/C26H21F3N2O4/c27-26(28,29)20-10-6-7-17(13-20)15-30-24(18-8-2-1-3-9-18)35-25(34)31-16-19(14-23(32)33)21-11-4-5-12-22(21)31/h1-13,16,24,30H,14-15H2,(H,32,33). The Morgan fingerprint density at radius 1 is 0.971 bits per heavy atom. The summed E-state index contributed by atoms with van der Waals surface area (Å²) in [5.41, 5.74) is 1.13. The van der Waals surface area contributed by atoms with E-state index in [0.29, 0.717) is 27.6 Å². The normalized spacial score (nSPS) is 12.4. The zero-order valence-corrected chi connectivity index (χ0v) is 18.3. The van der Waals surface area contributed by atoms with Gasteiger partial charge in [-0.1, -0.05) is 66.7 Å². The summed E-state index contributed by atoms with van der Waals surface area (Å²) in [5.74, 6) is -1.04. The van der Waals surface area contributed by atoms with Gasteiger partial charge in [-0.15, -0.1) is 0 Å². The van der Waals surface area contributed by atoms with E-state index >= 15 is 0 Å². The molecule has 0 aliphatic heterocycles. The van der Waals surface area contributed by atoms with Crippen LogP contribution in [0.15, 0.2) is 85.1 Å². The lowest BCUT2D eigenvalue weighted by atomic mass is 10.1. The number of carboxylic acids is 1. The molecule has 4 rings (SSSR count). The Morgan fingerprint density at radius 3 is 2.40 bits per heavy atom. The molecule has 0 amide bonds. The molecule has 0 aliphatic rings. The van der Waals surface area contributed by atoms with Crippen LogP contribution in [0.2, 0.25) is 0 Å². The van der Waals surface area contributed by atoms with Gasteiger partial charge in [-0.3, -0.25) is 14.7 Å². The number of fused-ring (bicyclic) bond motifs is 1. The first kappa shape index (κ1) is 24.0. The van der Waals surface area contributed by atoms with E-state index in [1.165, 1.54) is 16.8 Å². The number of carboxylic acid groups (broad SMARTS) is 1. The number of halogens is 3. The molecule has 1 atom stereocenters. The van der Waals surface area contributed by atoms with Gasteiger partial charge >= 0.3 is 18.2 Å². The molecular formula is C26H21F3N2O4. The predicted octanol–water partition coefficient (Wildman–Crippen LogP) is 5.76. The number of benzene rings is 3. The Labute approximate surface area is 198 Å². The molecule has 0 radical (unpaired) electrons. The van der Waals surface area contributed by atoms with E-state index in [9.17, 15) is 27.9 Å². The fourth-order valence-corrected chi connectivity index (χ4v) is 3.79. The van der Waals surface area contributed by atoms with Gasteiger partial charge in [0.1, 0.15) is 0 Å². The summed E-state index contributed by atoms with van der Waals surface area (Å²) in [7, 11) is 0. The van der Waals surface area contributed by atoms with Crippen molar-refractivity contribution in [3.8, 4) is 0 Å². The fraction of sp³-hybridized carbons (Fsp3) is 0.154. The van der Waals surface area contributed by atoms with Crippen LogP contribution in [-0.4, -0.2) is 21.7 Å². The Bertz CT molecular complexity index is 1350. The number of aromatic nitrogens is 1.